The number of aryl methyl sites for hydroxylation is 1. The van der Waals surface area contributed by atoms with Crippen molar-refractivity contribution >= 4 is 5.91 Å². The summed E-state index contributed by atoms with van der Waals surface area (Å²) in [7, 11) is 0. The van der Waals surface area contributed by atoms with Crippen LogP contribution in [0.4, 0.5) is 0 Å². The third-order valence-corrected chi connectivity index (χ3v) is 2.85. The van der Waals surface area contributed by atoms with Gasteiger partial charge in [0.25, 0.3) is 0 Å². The summed E-state index contributed by atoms with van der Waals surface area (Å²) in [5.41, 5.74) is 0.395. The van der Waals surface area contributed by atoms with Crippen LogP contribution in [0.25, 0.3) is 0 Å². The van der Waals surface area contributed by atoms with Crippen molar-refractivity contribution in [2.45, 2.75) is 38.6 Å². The van der Waals surface area contributed by atoms with Crippen molar-refractivity contribution in [3.63, 3.8) is 0 Å². The van der Waals surface area contributed by atoms with Gasteiger partial charge in [0, 0.05) is 6.42 Å². The molecule has 0 radical (unpaired) electrons. The van der Waals surface area contributed by atoms with Crippen LogP contribution in [0, 0.1) is 11.3 Å². The summed E-state index contributed by atoms with van der Waals surface area (Å²) in [6, 6.07) is 12.0. The molecule has 0 spiro atoms. The first kappa shape index (κ1) is 13.2. The summed E-state index contributed by atoms with van der Waals surface area (Å²) in [4.78, 5) is 11.7. The van der Waals surface area contributed by atoms with Crippen molar-refractivity contribution in [3.05, 3.63) is 35.9 Å². The lowest BCUT2D eigenvalue weighted by molar-refractivity contribution is -0.122. The molecule has 0 bridgehead atoms. The number of carbonyl (C=O) groups is 1. The highest BCUT2D eigenvalue weighted by molar-refractivity contribution is 5.77. The van der Waals surface area contributed by atoms with Gasteiger partial charge in [-0.3, -0.25) is 4.79 Å². The van der Waals surface area contributed by atoms with Gasteiger partial charge in [0.2, 0.25) is 5.91 Å². The molecule has 0 fully saturated rings. The maximum Gasteiger partial charge on any atom is 0.221 e. The number of benzene rings is 1. The Hall–Kier alpha value is -1.82. The molecular weight excluding hydrogens is 212 g/mol. The summed E-state index contributed by atoms with van der Waals surface area (Å²) in [6.45, 7) is 3.63. The fourth-order valence-electron chi connectivity index (χ4n) is 1.47. The van der Waals surface area contributed by atoms with E-state index in [1.807, 2.05) is 37.3 Å². The second kappa shape index (κ2) is 6.05. The summed E-state index contributed by atoms with van der Waals surface area (Å²) < 4.78 is 0. The van der Waals surface area contributed by atoms with Crippen LogP contribution in [-0.4, -0.2) is 11.4 Å². The van der Waals surface area contributed by atoms with Gasteiger partial charge in [-0.2, -0.15) is 5.26 Å². The van der Waals surface area contributed by atoms with Gasteiger partial charge >= 0.3 is 0 Å². The van der Waals surface area contributed by atoms with Crippen LogP contribution in [-0.2, 0) is 11.2 Å². The Morgan fingerprint density at radius 2 is 2.06 bits per heavy atom. The lowest BCUT2D eigenvalue weighted by Gasteiger charge is -2.21. The molecule has 0 aliphatic heterocycles. The van der Waals surface area contributed by atoms with Gasteiger partial charge in [0.1, 0.15) is 5.54 Å². The number of nitrogens with one attached hydrogen (secondary N) is 1. The summed E-state index contributed by atoms with van der Waals surface area (Å²) in [5, 5.41) is 11.7. The van der Waals surface area contributed by atoms with E-state index >= 15 is 0 Å². The van der Waals surface area contributed by atoms with Gasteiger partial charge in [-0.1, -0.05) is 37.3 Å². The zero-order chi connectivity index (χ0) is 12.7. The van der Waals surface area contributed by atoms with Crippen molar-refractivity contribution < 1.29 is 4.79 Å². The van der Waals surface area contributed by atoms with E-state index < -0.39 is 5.54 Å². The first-order valence-corrected chi connectivity index (χ1v) is 5.86. The van der Waals surface area contributed by atoms with Gasteiger partial charge in [0.05, 0.1) is 6.07 Å². The number of nitriles is 1. The van der Waals surface area contributed by atoms with Crippen LogP contribution in [0.1, 0.15) is 32.3 Å². The molecule has 17 heavy (non-hydrogen) atoms. The molecule has 1 aromatic carbocycles. The molecule has 1 N–H and O–H groups in total. The van der Waals surface area contributed by atoms with E-state index in [1.165, 1.54) is 0 Å². The minimum atomic E-state index is -0.742. The first-order chi connectivity index (χ1) is 8.09. The van der Waals surface area contributed by atoms with Gasteiger partial charge in [0.15, 0.2) is 0 Å². The number of hydrogen-bond acceptors (Lipinski definition) is 2. The molecule has 1 amide bonds. The Morgan fingerprint density at radius 1 is 1.41 bits per heavy atom. The number of hydrogen-bond donors (Lipinski definition) is 1. The van der Waals surface area contributed by atoms with Crippen molar-refractivity contribution in [3.8, 4) is 6.07 Å². The second-order valence-electron chi connectivity index (χ2n) is 4.33. The maximum atomic E-state index is 11.7. The highest BCUT2D eigenvalue weighted by atomic mass is 16.1. The Bertz CT molecular complexity index is 408. The molecule has 0 aliphatic rings. The zero-order valence-electron chi connectivity index (χ0n) is 10.4. The van der Waals surface area contributed by atoms with Crippen molar-refractivity contribution in [2.75, 3.05) is 0 Å². The third kappa shape index (κ3) is 4.28. The molecule has 90 valence electrons. The quantitative estimate of drug-likeness (QED) is 0.844. The summed E-state index contributed by atoms with van der Waals surface area (Å²) in [6.07, 6.45) is 1.74. The van der Waals surface area contributed by atoms with E-state index in [1.54, 1.807) is 6.92 Å². The fourth-order valence-corrected chi connectivity index (χ4v) is 1.47. The standard InChI is InChI=1S/C14H18N2O/c1-3-14(2,11-15)16-13(17)10-9-12-7-5-4-6-8-12/h4-8H,3,9-10H2,1-2H3,(H,16,17)/t14-/m1/s1. The predicted octanol–water partition coefficient (Wildman–Crippen LogP) is 2.43. The van der Waals surface area contributed by atoms with E-state index in [9.17, 15) is 4.79 Å². The zero-order valence-corrected chi connectivity index (χ0v) is 10.4. The minimum absolute atomic E-state index is 0.0697. The monoisotopic (exact) mass is 230 g/mol. The van der Waals surface area contributed by atoms with Gasteiger partial charge < -0.3 is 5.32 Å². The van der Waals surface area contributed by atoms with Crippen LogP contribution in [0.3, 0.4) is 0 Å². The van der Waals surface area contributed by atoms with Crippen LogP contribution in [0.15, 0.2) is 30.3 Å². The lowest BCUT2D eigenvalue weighted by atomic mass is 10.0. The molecule has 0 unspecified atom stereocenters. The summed E-state index contributed by atoms with van der Waals surface area (Å²) >= 11 is 0. The molecule has 3 heteroatoms. The van der Waals surface area contributed by atoms with E-state index in [4.69, 9.17) is 5.26 Å². The highest BCUT2D eigenvalue weighted by Gasteiger charge is 2.22. The number of carbonyl (C=O) groups excluding carboxylic acids is 1. The van der Waals surface area contributed by atoms with Gasteiger partial charge in [-0.15, -0.1) is 0 Å². The van der Waals surface area contributed by atoms with Crippen LogP contribution in [0.5, 0.6) is 0 Å². The predicted molar refractivity (Wildman–Crippen MR) is 67.2 cm³/mol. The Morgan fingerprint density at radius 3 is 2.59 bits per heavy atom. The Kier molecular flexibility index (Phi) is 4.71. The molecule has 0 aromatic heterocycles. The molecule has 1 rings (SSSR count). The van der Waals surface area contributed by atoms with Crippen LogP contribution in [0.2, 0.25) is 0 Å². The minimum Gasteiger partial charge on any atom is -0.338 e. The van der Waals surface area contributed by atoms with E-state index in [2.05, 4.69) is 11.4 Å². The van der Waals surface area contributed by atoms with Crippen LogP contribution < -0.4 is 5.32 Å². The Labute approximate surface area is 102 Å². The smallest absolute Gasteiger partial charge is 0.221 e. The third-order valence-electron chi connectivity index (χ3n) is 2.85. The van der Waals surface area contributed by atoms with Gasteiger partial charge in [-0.25, -0.2) is 0 Å². The normalized spacial score (nSPS) is 13.5. The van der Waals surface area contributed by atoms with E-state index in [-0.39, 0.29) is 5.91 Å². The molecule has 1 atom stereocenters. The largest absolute Gasteiger partial charge is 0.338 e. The van der Waals surface area contributed by atoms with E-state index in [0.717, 1.165) is 5.56 Å². The number of amides is 1. The molecule has 3 nitrogen and oxygen atoms in total. The van der Waals surface area contributed by atoms with Crippen molar-refractivity contribution in [2.24, 2.45) is 0 Å². The topological polar surface area (TPSA) is 52.9 Å². The molecule has 0 heterocycles. The first-order valence-electron chi connectivity index (χ1n) is 5.86. The lowest BCUT2D eigenvalue weighted by Crippen LogP contribution is -2.44. The molecular formula is C14H18N2O. The highest BCUT2D eigenvalue weighted by Crippen LogP contribution is 2.08. The van der Waals surface area contributed by atoms with Crippen molar-refractivity contribution in [1.82, 2.24) is 5.32 Å². The summed E-state index contributed by atoms with van der Waals surface area (Å²) in [5.74, 6) is -0.0697. The average molecular weight is 230 g/mol. The molecule has 0 saturated heterocycles. The van der Waals surface area contributed by atoms with Crippen LogP contribution >= 0.6 is 0 Å². The average Bonchev–Trinajstić information content (AvgIpc) is 2.37. The maximum absolute atomic E-state index is 11.7. The molecule has 1 aromatic rings. The fraction of sp³-hybridized carbons (Fsp3) is 0.429. The molecule has 0 aliphatic carbocycles. The second-order valence-corrected chi connectivity index (χ2v) is 4.33. The number of nitrogens with zero attached hydrogens (tertiary/aromatic N) is 1. The van der Waals surface area contributed by atoms with Crippen molar-refractivity contribution in [1.29, 1.82) is 5.26 Å². The number of rotatable bonds is 5. The van der Waals surface area contributed by atoms with Gasteiger partial charge in [-0.05, 0) is 25.3 Å². The molecule has 0 saturated carbocycles. The SMILES string of the molecule is CC[C@](C)(C#N)NC(=O)CCc1ccccc1. The Balaban J connectivity index is 2.44. The van der Waals surface area contributed by atoms with E-state index in [0.29, 0.717) is 19.3 Å².